The molecule has 0 spiro atoms. The van der Waals surface area contributed by atoms with Crippen LogP contribution in [0.2, 0.25) is 0 Å². The van der Waals surface area contributed by atoms with Crippen LogP contribution < -0.4 is 0 Å². The minimum Gasteiger partial charge on any atom is -0.309 e. The van der Waals surface area contributed by atoms with E-state index in [1.807, 2.05) is 24.3 Å². The smallest absolute Gasteiger partial charge is 0.160 e. The van der Waals surface area contributed by atoms with Crippen molar-refractivity contribution >= 4 is 54.1 Å². The van der Waals surface area contributed by atoms with Crippen molar-refractivity contribution in [2.24, 2.45) is 0 Å². The number of rotatable bonds is 6. The highest BCUT2D eigenvalue weighted by atomic mass is 15.0. The van der Waals surface area contributed by atoms with Gasteiger partial charge in [-0.2, -0.15) is 0 Å². The zero-order valence-corrected chi connectivity index (χ0v) is 33.2. The van der Waals surface area contributed by atoms with Crippen LogP contribution in [0.3, 0.4) is 0 Å². The molecule has 0 saturated carbocycles. The van der Waals surface area contributed by atoms with E-state index in [1.165, 1.54) is 76.4 Å². The lowest BCUT2D eigenvalue weighted by Crippen LogP contribution is -1.97. The molecule has 61 heavy (non-hydrogen) atoms. The third kappa shape index (κ3) is 6.14. The first kappa shape index (κ1) is 34.9. The maximum Gasteiger partial charge on any atom is 0.160 e. The highest BCUT2D eigenvalue weighted by molar-refractivity contribution is 6.21. The molecule has 3 heteroatoms. The van der Waals surface area contributed by atoms with E-state index in [0.29, 0.717) is 5.82 Å². The first-order valence-electron chi connectivity index (χ1n) is 20.8. The van der Waals surface area contributed by atoms with Gasteiger partial charge in [0.2, 0.25) is 0 Å². The van der Waals surface area contributed by atoms with Crippen molar-refractivity contribution in [3.05, 3.63) is 224 Å². The number of aromatic nitrogens is 3. The van der Waals surface area contributed by atoms with E-state index in [0.717, 1.165) is 33.8 Å². The molecule has 0 saturated heterocycles. The molecule has 2 heterocycles. The molecule has 0 aliphatic carbocycles. The molecule has 3 nitrogen and oxygen atoms in total. The van der Waals surface area contributed by atoms with Crippen LogP contribution in [0.25, 0.3) is 116 Å². The second-order valence-electron chi connectivity index (χ2n) is 15.8. The molecule has 0 aliphatic heterocycles. The topological polar surface area (TPSA) is 30.7 Å². The van der Waals surface area contributed by atoms with Crippen LogP contribution in [-0.2, 0) is 0 Å². The molecule has 12 aromatic rings. The summed E-state index contributed by atoms with van der Waals surface area (Å²) in [7, 11) is 0. The summed E-state index contributed by atoms with van der Waals surface area (Å²) >= 11 is 0. The molecule has 0 radical (unpaired) electrons. The number of benzene rings is 10. The number of para-hydroxylation sites is 1. The van der Waals surface area contributed by atoms with E-state index in [1.54, 1.807) is 0 Å². The van der Waals surface area contributed by atoms with Gasteiger partial charge in [0.15, 0.2) is 5.82 Å². The van der Waals surface area contributed by atoms with Crippen molar-refractivity contribution in [3.8, 4) is 61.8 Å². The average Bonchev–Trinajstić information content (AvgIpc) is 3.68. The summed E-state index contributed by atoms with van der Waals surface area (Å²) in [6.45, 7) is 0. The molecule has 2 aromatic heterocycles. The molecule has 0 amide bonds. The quantitative estimate of drug-likeness (QED) is 0.168. The molecule has 0 fully saturated rings. The van der Waals surface area contributed by atoms with Gasteiger partial charge in [0.1, 0.15) is 0 Å². The Morgan fingerprint density at radius 2 is 0.770 bits per heavy atom. The van der Waals surface area contributed by atoms with E-state index in [9.17, 15) is 0 Å². The van der Waals surface area contributed by atoms with Crippen molar-refractivity contribution in [1.29, 1.82) is 0 Å². The first-order chi connectivity index (χ1) is 30.2. The maximum absolute atomic E-state index is 5.08. The summed E-state index contributed by atoms with van der Waals surface area (Å²) in [6, 6.07) is 80.6. The summed E-state index contributed by atoms with van der Waals surface area (Å²) in [5, 5.41) is 9.96. The minimum atomic E-state index is 0.713. The van der Waals surface area contributed by atoms with Crippen LogP contribution in [0.15, 0.2) is 224 Å². The first-order valence-corrected chi connectivity index (χ1v) is 20.8. The monoisotopic (exact) mass is 775 g/mol. The van der Waals surface area contributed by atoms with E-state index in [-0.39, 0.29) is 0 Å². The van der Waals surface area contributed by atoms with E-state index >= 15 is 0 Å². The lowest BCUT2D eigenvalue weighted by Gasteiger charge is -2.12. The third-order valence-electron chi connectivity index (χ3n) is 12.2. The summed E-state index contributed by atoms with van der Waals surface area (Å²) in [5.74, 6) is 0.713. The van der Waals surface area contributed by atoms with Gasteiger partial charge in [0.05, 0.1) is 22.4 Å². The normalized spacial score (nSPS) is 11.6. The van der Waals surface area contributed by atoms with Gasteiger partial charge in [-0.05, 0) is 109 Å². The van der Waals surface area contributed by atoms with Gasteiger partial charge in [-0.1, -0.05) is 170 Å². The van der Waals surface area contributed by atoms with Gasteiger partial charge in [-0.25, -0.2) is 9.97 Å². The minimum absolute atomic E-state index is 0.713. The highest BCUT2D eigenvalue weighted by Gasteiger charge is 2.17. The second kappa shape index (κ2) is 14.3. The molecule has 0 atom stereocenters. The van der Waals surface area contributed by atoms with Crippen LogP contribution in [-0.4, -0.2) is 14.5 Å². The predicted molar refractivity (Wildman–Crippen MR) is 256 cm³/mol. The zero-order chi connectivity index (χ0) is 40.3. The Morgan fingerprint density at radius 1 is 0.279 bits per heavy atom. The maximum atomic E-state index is 5.08. The van der Waals surface area contributed by atoms with Crippen LogP contribution in [0.1, 0.15) is 0 Å². The molecule has 0 N–H and O–H groups in total. The number of hydrogen-bond acceptors (Lipinski definition) is 2. The van der Waals surface area contributed by atoms with Crippen molar-refractivity contribution in [3.63, 3.8) is 0 Å². The standard InChI is InChI=1S/C58H37N3/c1-3-12-40(13-4-1)53-37-54(60-58(59-53)42-14-5-2-6-15-42)41-25-29-50(30-26-41)61-55-18-10-9-17-52(55)57-51-31-27-47(34-48(51)28-32-56(57)61)46-24-21-39-20-23-45(35-49(39)36-46)44-22-19-38-11-7-8-16-43(38)33-44/h1-37H. The van der Waals surface area contributed by atoms with Gasteiger partial charge in [-0.15, -0.1) is 0 Å². The van der Waals surface area contributed by atoms with E-state index in [2.05, 4.69) is 205 Å². The molecule has 0 aliphatic rings. The zero-order valence-electron chi connectivity index (χ0n) is 33.2. The van der Waals surface area contributed by atoms with E-state index in [4.69, 9.17) is 9.97 Å². The Balaban J connectivity index is 0.920. The van der Waals surface area contributed by atoms with Gasteiger partial charge < -0.3 is 4.57 Å². The summed E-state index contributed by atoms with van der Waals surface area (Å²) in [4.78, 5) is 10.1. The van der Waals surface area contributed by atoms with Gasteiger partial charge in [0.25, 0.3) is 0 Å². The fourth-order valence-corrected chi connectivity index (χ4v) is 9.08. The fourth-order valence-electron chi connectivity index (χ4n) is 9.08. The van der Waals surface area contributed by atoms with Crippen molar-refractivity contribution in [2.45, 2.75) is 0 Å². The second-order valence-corrected chi connectivity index (χ2v) is 15.8. The summed E-state index contributed by atoms with van der Waals surface area (Å²) in [6.07, 6.45) is 0. The Kier molecular flexibility index (Phi) is 8.17. The van der Waals surface area contributed by atoms with Crippen LogP contribution in [0, 0.1) is 0 Å². The predicted octanol–water partition coefficient (Wildman–Crippen LogP) is 15.4. The molecule has 12 rings (SSSR count). The lowest BCUT2D eigenvalue weighted by molar-refractivity contribution is 1.17. The molecular formula is C58H37N3. The summed E-state index contributed by atoms with van der Waals surface area (Å²) < 4.78 is 2.39. The van der Waals surface area contributed by atoms with Gasteiger partial charge in [-0.3, -0.25) is 0 Å². The van der Waals surface area contributed by atoms with Crippen LogP contribution >= 0.6 is 0 Å². The molecule has 284 valence electrons. The number of hydrogen-bond donors (Lipinski definition) is 0. The van der Waals surface area contributed by atoms with Crippen molar-refractivity contribution < 1.29 is 0 Å². The molecule has 0 bridgehead atoms. The van der Waals surface area contributed by atoms with Crippen molar-refractivity contribution in [1.82, 2.24) is 14.5 Å². The Labute approximate surface area is 353 Å². The SMILES string of the molecule is c1ccc(-c2cc(-c3ccc(-n4c5ccccc5c5c6ccc(-c7ccc8ccc(-c9ccc%10ccccc%10c9)cc8c7)cc6ccc54)cc3)nc(-c3ccccc3)n2)cc1. The molecule has 10 aromatic carbocycles. The lowest BCUT2D eigenvalue weighted by atomic mass is 9.95. The number of fused-ring (bicyclic) bond motifs is 7. The fraction of sp³-hybridized carbons (Fsp3) is 0. The summed E-state index contributed by atoms with van der Waals surface area (Å²) in [5.41, 5.74) is 13.2. The highest BCUT2D eigenvalue weighted by Crippen LogP contribution is 2.39. The van der Waals surface area contributed by atoms with Crippen molar-refractivity contribution in [2.75, 3.05) is 0 Å². The van der Waals surface area contributed by atoms with Gasteiger partial charge >= 0.3 is 0 Å². The third-order valence-corrected chi connectivity index (χ3v) is 12.2. The van der Waals surface area contributed by atoms with Crippen LogP contribution in [0.5, 0.6) is 0 Å². The average molecular weight is 776 g/mol. The van der Waals surface area contributed by atoms with Gasteiger partial charge in [0, 0.05) is 33.2 Å². The largest absolute Gasteiger partial charge is 0.309 e. The Bertz CT molecular complexity index is 3570. The number of nitrogens with zero attached hydrogens (tertiary/aromatic N) is 3. The van der Waals surface area contributed by atoms with E-state index < -0.39 is 0 Å². The Hall–Kier alpha value is -8.14. The molecular weight excluding hydrogens is 739 g/mol. The van der Waals surface area contributed by atoms with Crippen LogP contribution in [0.4, 0.5) is 0 Å². The molecule has 0 unspecified atom stereocenters. The Morgan fingerprint density at radius 3 is 1.46 bits per heavy atom.